The number of anilines is 1. The van der Waals surface area contributed by atoms with Gasteiger partial charge >= 0.3 is 5.97 Å². The molecule has 0 unspecified atom stereocenters. The van der Waals surface area contributed by atoms with Gasteiger partial charge in [-0.15, -0.1) is 0 Å². The van der Waals surface area contributed by atoms with E-state index in [-0.39, 0.29) is 18.4 Å². The molecule has 8 heteroatoms. The van der Waals surface area contributed by atoms with Gasteiger partial charge in [0.2, 0.25) is 5.91 Å². The summed E-state index contributed by atoms with van der Waals surface area (Å²) in [6.07, 6.45) is 4.84. The lowest BCUT2D eigenvalue weighted by molar-refractivity contribution is -0.157. The van der Waals surface area contributed by atoms with Crippen LogP contribution in [0.2, 0.25) is 5.02 Å². The van der Waals surface area contributed by atoms with Crippen molar-refractivity contribution < 1.29 is 19.1 Å². The van der Waals surface area contributed by atoms with Gasteiger partial charge in [0, 0.05) is 25.2 Å². The summed E-state index contributed by atoms with van der Waals surface area (Å²) < 4.78 is 5.27. The summed E-state index contributed by atoms with van der Waals surface area (Å²) in [6.45, 7) is 1.88. The van der Waals surface area contributed by atoms with Gasteiger partial charge in [-0.1, -0.05) is 24.4 Å². The molecule has 2 atom stereocenters. The molecule has 1 aliphatic carbocycles. The van der Waals surface area contributed by atoms with E-state index in [0.717, 1.165) is 25.7 Å². The van der Waals surface area contributed by atoms with E-state index in [4.69, 9.17) is 16.3 Å². The Labute approximate surface area is 157 Å². The van der Waals surface area contributed by atoms with Crippen LogP contribution in [0.25, 0.3) is 0 Å². The third-order valence-corrected chi connectivity index (χ3v) is 5.12. The molecule has 1 aromatic rings. The summed E-state index contributed by atoms with van der Waals surface area (Å²) in [5.74, 6) is -1.17. The number of halogens is 1. The first-order valence-corrected chi connectivity index (χ1v) is 9.24. The summed E-state index contributed by atoms with van der Waals surface area (Å²) in [7, 11) is 0. The molecule has 2 aliphatic rings. The maximum atomic E-state index is 12.3. The molecule has 1 N–H and O–H groups in total. The van der Waals surface area contributed by atoms with Crippen LogP contribution in [-0.2, 0) is 19.1 Å². The number of carbonyl (C=O) groups is 3. The van der Waals surface area contributed by atoms with Crippen molar-refractivity contribution in [3.63, 3.8) is 0 Å². The number of hydrogen-bond donors (Lipinski definition) is 1. The summed E-state index contributed by atoms with van der Waals surface area (Å²) in [5, 5.41) is 3.02. The van der Waals surface area contributed by atoms with Gasteiger partial charge in [-0.3, -0.25) is 14.4 Å². The predicted octanol–water partition coefficient (Wildman–Crippen LogP) is 2.40. The molecule has 26 heavy (non-hydrogen) atoms. The number of carbonyl (C=O) groups excluding carboxylic acids is 3. The van der Waals surface area contributed by atoms with Crippen LogP contribution in [0.4, 0.5) is 5.82 Å². The standard InChI is InChI=1S/C18H22ClN3O4/c1-11(17(24)21-15-7-6-13(19)9-20-15)26-18(25)12-8-16(23)22(10-12)14-4-2-3-5-14/h6-7,9,11-12,14H,2-5,8,10H2,1H3,(H,20,21,24)/t11-,12+/m0/s1. The van der Waals surface area contributed by atoms with Crippen molar-refractivity contribution >= 4 is 35.2 Å². The highest BCUT2D eigenvalue weighted by molar-refractivity contribution is 6.30. The van der Waals surface area contributed by atoms with Crippen molar-refractivity contribution in [1.29, 1.82) is 0 Å². The molecule has 1 saturated carbocycles. The lowest BCUT2D eigenvalue weighted by Gasteiger charge is -2.24. The van der Waals surface area contributed by atoms with Gasteiger partial charge in [0.25, 0.3) is 5.91 Å². The molecule has 0 aromatic carbocycles. The molecule has 0 radical (unpaired) electrons. The van der Waals surface area contributed by atoms with Crippen LogP contribution in [0, 0.1) is 5.92 Å². The quantitative estimate of drug-likeness (QED) is 0.793. The minimum Gasteiger partial charge on any atom is -0.452 e. The Morgan fingerprint density at radius 1 is 1.35 bits per heavy atom. The minimum absolute atomic E-state index is 0.00122. The first-order valence-electron chi connectivity index (χ1n) is 8.86. The van der Waals surface area contributed by atoms with Crippen LogP contribution in [0.1, 0.15) is 39.0 Å². The van der Waals surface area contributed by atoms with E-state index in [0.29, 0.717) is 17.4 Å². The molecule has 0 spiro atoms. The largest absolute Gasteiger partial charge is 0.452 e. The van der Waals surface area contributed by atoms with Crippen LogP contribution in [0.5, 0.6) is 0 Å². The van der Waals surface area contributed by atoms with E-state index in [1.807, 2.05) is 0 Å². The fourth-order valence-corrected chi connectivity index (χ4v) is 3.57. The van der Waals surface area contributed by atoms with Crippen LogP contribution >= 0.6 is 11.6 Å². The zero-order valence-corrected chi connectivity index (χ0v) is 15.4. The number of amides is 2. The van der Waals surface area contributed by atoms with Gasteiger partial charge in [-0.25, -0.2) is 4.98 Å². The molecule has 1 aliphatic heterocycles. The number of likely N-dealkylation sites (tertiary alicyclic amines) is 1. The number of nitrogens with zero attached hydrogens (tertiary/aromatic N) is 2. The Morgan fingerprint density at radius 3 is 2.73 bits per heavy atom. The maximum absolute atomic E-state index is 12.3. The minimum atomic E-state index is -0.976. The van der Waals surface area contributed by atoms with Crippen molar-refractivity contribution in [3.05, 3.63) is 23.4 Å². The third kappa shape index (κ3) is 4.33. The van der Waals surface area contributed by atoms with E-state index in [2.05, 4.69) is 10.3 Å². The van der Waals surface area contributed by atoms with E-state index < -0.39 is 23.9 Å². The second-order valence-electron chi connectivity index (χ2n) is 6.82. The lowest BCUT2D eigenvalue weighted by Crippen LogP contribution is -2.36. The normalized spacial score (nSPS) is 21.7. The maximum Gasteiger partial charge on any atom is 0.312 e. The number of pyridine rings is 1. The summed E-state index contributed by atoms with van der Waals surface area (Å²) >= 11 is 5.75. The van der Waals surface area contributed by atoms with Gasteiger partial charge in [-0.05, 0) is 31.9 Å². The van der Waals surface area contributed by atoms with Gasteiger partial charge in [0.15, 0.2) is 6.10 Å². The fraction of sp³-hybridized carbons (Fsp3) is 0.556. The number of aromatic nitrogens is 1. The van der Waals surface area contributed by atoms with Crippen molar-refractivity contribution in [2.75, 3.05) is 11.9 Å². The van der Waals surface area contributed by atoms with Gasteiger partial charge in [0.05, 0.1) is 10.9 Å². The second kappa shape index (κ2) is 8.03. The number of hydrogen-bond acceptors (Lipinski definition) is 5. The molecular formula is C18H22ClN3O4. The van der Waals surface area contributed by atoms with Crippen LogP contribution < -0.4 is 5.32 Å². The van der Waals surface area contributed by atoms with Crippen LogP contribution in [0.15, 0.2) is 18.3 Å². The Hall–Kier alpha value is -2.15. The van der Waals surface area contributed by atoms with Gasteiger partial charge in [0.1, 0.15) is 5.82 Å². The topological polar surface area (TPSA) is 88.6 Å². The zero-order chi connectivity index (χ0) is 18.7. The molecule has 3 rings (SSSR count). The van der Waals surface area contributed by atoms with E-state index >= 15 is 0 Å². The molecule has 2 heterocycles. The van der Waals surface area contributed by atoms with Crippen molar-refractivity contribution in [2.24, 2.45) is 5.92 Å². The lowest BCUT2D eigenvalue weighted by atomic mass is 10.1. The fourth-order valence-electron chi connectivity index (χ4n) is 3.46. The molecule has 0 bridgehead atoms. The van der Waals surface area contributed by atoms with Crippen molar-refractivity contribution in [3.8, 4) is 0 Å². The number of ether oxygens (including phenoxy) is 1. The second-order valence-corrected chi connectivity index (χ2v) is 7.25. The average Bonchev–Trinajstić information content (AvgIpc) is 3.26. The van der Waals surface area contributed by atoms with Crippen molar-refractivity contribution in [1.82, 2.24) is 9.88 Å². The predicted molar refractivity (Wildman–Crippen MR) is 95.5 cm³/mol. The molecule has 7 nitrogen and oxygen atoms in total. The monoisotopic (exact) mass is 379 g/mol. The highest BCUT2D eigenvalue weighted by Crippen LogP contribution is 2.30. The van der Waals surface area contributed by atoms with Crippen LogP contribution in [0.3, 0.4) is 0 Å². The van der Waals surface area contributed by atoms with E-state index in [1.165, 1.54) is 13.1 Å². The van der Waals surface area contributed by atoms with E-state index in [9.17, 15) is 14.4 Å². The Bertz CT molecular complexity index is 688. The highest BCUT2D eigenvalue weighted by Gasteiger charge is 2.40. The summed E-state index contributed by atoms with van der Waals surface area (Å²) in [4.78, 5) is 42.5. The van der Waals surface area contributed by atoms with Gasteiger partial charge < -0.3 is 15.0 Å². The first-order chi connectivity index (χ1) is 12.4. The molecule has 2 fully saturated rings. The molecular weight excluding hydrogens is 358 g/mol. The highest BCUT2D eigenvalue weighted by atomic mass is 35.5. The van der Waals surface area contributed by atoms with Gasteiger partial charge in [-0.2, -0.15) is 0 Å². The summed E-state index contributed by atoms with van der Waals surface area (Å²) in [6, 6.07) is 3.41. The smallest absolute Gasteiger partial charge is 0.312 e. The van der Waals surface area contributed by atoms with E-state index in [1.54, 1.807) is 17.0 Å². The molecule has 1 saturated heterocycles. The van der Waals surface area contributed by atoms with Crippen LogP contribution in [-0.4, -0.2) is 46.4 Å². The third-order valence-electron chi connectivity index (χ3n) is 4.90. The Morgan fingerprint density at radius 2 is 2.08 bits per heavy atom. The average molecular weight is 380 g/mol. The SMILES string of the molecule is C[C@H](OC(=O)[C@@H]1CC(=O)N(C2CCCC2)C1)C(=O)Nc1ccc(Cl)cn1. The summed E-state index contributed by atoms with van der Waals surface area (Å²) in [5.41, 5.74) is 0. The zero-order valence-electron chi connectivity index (χ0n) is 14.6. The molecule has 140 valence electrons. The molecule has 1 aromatic heterocycles. The number of nitrogens with one attached hydrogen (secondary N) is 1. The Kier molecular flexibility index (Phi) is 5.76. The van der Waals surface area contributed by atoms with Crippen molar-refractivity contribution in [2.45, 2.75) is 51.2 Å². The Balaban J connectivity index is 1.51. The first kappa shape index (κ1) is 18.6. The molecule has 2 amide bonds. The number of rotatable bonds is 5. The number of esters is 1.